The maximum Gasteiger partial charge on any atom is 0.258 e. The van der Waals surface area contributed by atoms with Crippen molar-refractivity contribution in [1.29, 1.82) is 0 Å². The molecule has 1 N–H and O–H groups in total. The molecular weight excluding hydrogens is 450 g/mol. The number of hydrogen-bond donors (Lipinski definition) is 1. The molecule has 1 saturated carbocycles. The van der Waals surface area contributed by atoms with Gasteiger partial charge >= 0.3 is 0 Å². The van der Waals surface area contributed by atoms with Crippen molar-refractivity contribution in [2.24, 2.45) is 5.92 Å². The van der Waals surface area contributed by atoms with Gasteiger partial charge in [0, 0.05) is 19.0 Å². The van der Waals surface area contributed by atoms with Gasteiger partial charge in [-0.3, -0.25) is 9.59 Å². The third kappa shape index (κ3) is 5.34. The maximum atomic E-state index is 13.6. The molecule has 1 aliphatic carbocycles. The predicted molar refractivity (Wildman–Crippen MR) is 127 cm³/mol. The van der Waals surface area contributed by atoms with E-state index < -0.39 is 0 Å². The summed E-state index contributed by atoms with van der Waals surface area (Å²) in [7, 11) is 0. The van der Waals surface area contributed by atoms with Gasteiger partial charge in [-0.15, -0.1) is 0 Å². The summed E-state index contributed by atoms with van der Waals surface area (Å²) in [6.07, 6.45) is 2.55. The molecule has 0 unspecified atom stereocenters. The van der Waals surface area contributed by atoms with E-state index >= 15 is 0 Å². The molecule has 35 heavy (non-hydrogen) atoms. The highest BCUT2D eigenvalue weighted by Gasteiger charge is 2.39. The summed E-state index contributed by atoms with van der Waals surface area (Å²) in [5.41, 5.74) is 3.67. The van der Waals surface area contributed by atoms with E-state index in [1.54, 1.807) is 24.3 Å². The van der Waals surface area contributed by atoms with Crippen LogP contribution in [-0.2, 0) is 22.6 Å². The molecule has 5 rings (SSSR count). The van der Waals surface area contributed by atoms with Crippen LogP contribution < -0.4 is 10.1 Å². The molecule has 0 bridgehead atoms. The quantitative estimate of drug-likeness (QED) is 0.545. The van der Waals surface area contributed by atoms with Gasteiger partial charge in [-0.1, -0.05) is 30.3 Å². The number of carbonyl (C=O) groups excluding carboxylic acids is 2. The summed E-state index contributed by atoms with van der Waals surface area (Å²) < 4.78 is 32.4. The first-order chi connectivity index (χ1) is 17.0. The number of nitrogens with zero attached hydrogens (tertiary/aromatic N) is 1. The molecule has 0 aromatic heterocycles. The van der Waals surface area contributed by atoms with Crippen molar-refractivity contribution < 1.29 is 23.1 Å². The van der Waals surface area contributed by atoms with E-state index in [0.29, 0.717) is 12.3 Å². The van der Waals surface area contributed by atoms with Crippen LogP contribution in [0.1, 0.15) is 41.1 Å². The van der Waals surface area contributed by atoms with Crippen molar-refractivity contribution in [1.82, 2.24) is 10.2 Å². The van der Waals surface area contributed by atoms with Crippen LogP contribution >= 0.6 is 0 Å². The third-order valence-electron chi connectivity index (χ3n) is 6.51. The van der Waals surface area contributed by atoms with Gasteiger partial charge in [0.2, 0.25) is 5.91 Å². The second-order valence-electron chi connectivity index (χ2n) is 9.06. The molecule has 1 aliphatic heterocycles. The molecule has 3 aromatic rings. The maximum absolute atomic E-state index is 13.6. The van der Waals surface area contributed by atoms with Gasteiger partial charge in [-0.2, -0.15) is 0 Å². The van der Waals surface area contributed by atoms with Gasteiger partial charge < -0.3 is 15.0 Å². The summed E-state index contributed by atoms with van der Waals surface area (Å²) in [6, 6.07) is 17.5. The Hall–Kier alpha value is -3.74. The fourth-order valence-electron chi connectivity index (χ4n) is 4.49. The number of halogens is 2. The molecule has 3 aromatic carbocycles. The molecule has 0 radical (unpaired) electrons. The lowest BCUT2D eigenvalue weighted by atomic mass is 9.87. The van der Waals surface area contributed by atoms with Crippen LogP contribution in [0.5, 0.6) is 5.75 Å². The Morgan fingerprint density at radius 2 is 1.63 bits per heavy atom. The molecule has 1 heterocycles. The first-order valence-corrected chi connectivity index (χ1v) is 11.8. The van der Waals surface area contributed by atoms with Crippen molar-refractivity contribution in [3.8, 4) is 5.75 Å². The number of amides is 2. The van der Waals surface area contributed by atoms with E-state index in [-0.39, 0.29) is 48.6 Å². The van der Waals surface area contributed by atoms with Gasteiger partial charge in [-0.25, -0.2) is 8.78 Å². The standard InChI is InChI=1S/C28H26F2N2O3/c29-22-8-1-18(2-9-22)16-31-26(33)17-35-24-12-7-19-13-14-32(28(34)21-3-4-21)27(25(19)15-24)20-5-10-23(30)11-6-20/h1-2,5-12,15,21,27H,3-4,13-14,16-17H2,(H,31,33)/t27-/m1/s1. The number of rotatable bonds is 7. The molecular formula is C28H26F2N2O3. The molecule has 7 heteroatoms. The molecule has 1 fully saturated rings. The Morgan fingerprint density at radius 3 is 2.31 bits per heavy atom. The van der Waals surface area contributed by atoms with Gasteiger partial charge in [0.1, 0.15) is 17.4 Å². The van der Waals surface area contributed by atoms with Crippen LogP contribution in [0.25, 0.3) is 0 Å². The van der Waals surface area contributed by atoms with Crippen molar-refractivity contribution in [2.45, 2.75) is 31.8 Å². The Balaban J connectivity index is 1.31. The number of benzene rings is 3. The molecule has 0 saturated heterocycles. The Morgan fingerprint density at radius 1 is 0.943 bits per heavy atom. The summed E-state index contributed by atoms with van der Waals surface area (Å²) in [5, 5.41) is 2.76. The first-order valence-electron chi connectivity index (χ1n) is 11.8. The highest BCUT2D eigenvalue weighted by Crippen LogP contribution is 2.41. The van der Waals surface area contributed by atoms with E-state index in [4.69, 9.17) is 4.74 Å². The average molecular weight is 477 g/mol. The van der Waals surface area contributed by atoms with Crippen LogP contribution in [0, 0.1) is 17.6 Å². The Labute approximate surface area is 202 Å². The summed E-state index contributed by atoms with van der Waals surface area (Å²) in [6.45, 7) is 0.708. The van der Waals surface area contributed by atoms with Crippen LogP contribution in [0.15, 0.2) is 66.7 Å². The largest absolute Gasteiger partial charge is 0.484 e. The van der Waals surface area contributed by atoms with Gasteiger partial charge in [0.25, 0.3) is 5.91 Å². The monoisotopic (exact) mass is 476 g/mol. The number of carbonyl (C=O) groups is 2. The molecule has 0 spiro atoms. The zero-order chi connectivity index (χ0) is 24.4. The van der Waals surface area contributed by atoms with Crippen molar-refractivity contribution >= 4 is 11.8 Å². The number of hydrogen-bond acceptors (Lipinski definition) is 3. The number of ether oxygens (including phenoxy) is 1. The fraction of sp³-hybridized carbons (Fsp3) is 0.286. The SMILES string of the molecule is O=C(COc1ccc2c(c1)[C@@H](c1ccc(F)cc1)N(C(=O)C1CC1)CC2)NCc1ccc(F)cc1. The van der Waals surface area contributed by atoms with Crippen molar-refractivity contribution in [2.75, 3.05) is 13.2 Å². The van der Waals surface area contributed by atoms with Crippen LogP contribution in [0.3, 0.4) is 0 Å². The topological polar surface area (TPSA) is 58.6 Å². The highest BCUT2D eigenvalue weighted by molar-refractivity contribution is 5.82. The summed E-state index contributed by atoms with van der Waals surface area (Å²) >= 11 is 0. The lowest BCUT2D eigenvalue weighted by molar-refractivity contribution is -0.134. The lowest BCUT2D eigenvalue weighted by Crippen LogP contribution is -2.41. The zero-order valence-corrected chi connectivity index (χ0v) is 19.2. The van der Waals surface area contributed by atoms with Crippen LogP contribution in [-0.4, -0.2) is 29.9 Å². The average Bonchev–Trinajstić information content (AvgIpc) is 3.72. The summed E-state index contributed by atoms with van der Waals surface area (Å²) in [4.78, 5) is 27.3. The molecule has 180 valence electrons. The van der Waals surface area contributed by atoms with Crippen LogP contribution in [0.2, 0.25) is 0 Å². The van der Waals surface area contributed by atoms with Gasteiger partial charge in [0.15, 0.2) is 6.61 Å². The normalized spacial score (nSPS) is 17.0. The van der Waals surface area contributed by atoms with Crippen LogP contribution in [0.4, 0.5) is 8.78 Å². The van der Waals surface area contributed by atoms with Crippen molar-refractivity contribution in [3.63, 3.8) is 0 Å². The van der Waals surface area contributed by atoms with E-state index in [1.165, 1.54) is 24.3 Å². The number of fused-ring (bicyclic) bond motifs is 1. The number of nitrogens with one attached hydrogen (secondary N) is 1. The van der Waals surface area contributed by atoms with Gasteiger partial charge in [-0.05, 0) is 77.9 Å². The lowest BCUT2D eigenvalue weighted by Gasteiger charge is -2.38. The van der Waals surface area contributed by atoms with E-state index in [9.17, 15) is 18.4 Å². The van der Waals surface area contributed by atoms with Gasteiger partial charge in [0.05, 0.1) is 6.04 Å². The predicted octanol–water partition coefficient (Wildman–Crippen LogP) is 4.54. The highest BCUT2D eigenvalue weighted by atomic mass is 19.1. The minimum atomic E-state index is -0.330. The Kier molecular flexibility index (Phi) is 6.49. The second-order valence-corrected chi connectivity index (χ2v) is 9.06. The van der Waals surface area contributed by atoms with E-state index in [2.05, 4.69) is 5.32 Å². The first kappa shape index (κ1) is 23.0. The molecule has 5 nitrogen and oxygen atoms in total. The fourth-order valence-corrected chi connectivity index (χ4v) is 4.49. The molecule has 2 aliphatic rings. The zero-order valence-electron chi connectivity index (χ0n) is 19.2. The molecule has 1 atom stereocenters. The van der Waals surface area contributed by atoms with Crippen molar-refractivity contribution in [3.05, 3.63) is 101 Å². The minimum absolute atomic E-state index is 0.0729. The Bertz CT molecular complexity index is 1220. The van der Waals surface area contributed by atoms with E-state index in [1.807, 2.05) is 23.1 Å². The second kappa shape index (κ2) is 9.86. The molecule has 2 amide bonds. The van der Waals surface area contributed by atoms with E-state index in [0.717, 1.165) is 41.5 Å². The summed E-state index contributed by atoms with van der Waals surface area (Å²) in [5.74, 6) is -0.220. The minimum Gasteiger partial charge on any atom is -0.484 e. The third-order valence-corrected chi connectivity index (χ3v) is 6.51. The smallest absolute Gasteiger partial charge is 0.258 e.